The van der Waals surface area contributed by atoms with Crippen molar-refractivity contribution in [2.75, 3.05) is 13.1 Å². The van der Waals surface area contributed by atoms with Crippen LogP contribution in [0.5, 0.6) is 0 Å². The van der Waals surface area contributed by atoms with Gasteiger partial charge in [0.1, 0.15) is 6.04 Å². The Bertz CT molecular complexity index is 936. The zero-order valence-electron chi connectivity index (χ0n) is 16.2. The second-order valence-corrected chi connectivity index (χ2v) is 9.76. The Kier molecular flexibility index (Phi) is 5.48. The number of rotatable bonds is 5. The van der Waals surface area contributed by atoms with Crippen LogP contribution in [0.2, 0.25) is 0 Å². The molecule has 157 valence electrons. The molecule has 3 rings (SSSR count). The molecular weight excluding hydrogens is 400 g/mol. The molecule has 3 heterocycles. The highest BCUT2D eigenvalue weighted by atomic mass is 32.2. The van der Waals surface area contributed by atoms with Crippen molar-refractivity contribution in [2.45, 2.75) is 45.2 Å². The van der Waals surface area contributed by atoms with E-state index in [0.717, 1.165) is 4.31 Å². The molecule has 0 spiro atoms. The molecule has 2 atom stereocenters. The van der Waals surface area contributed by atoms with E-state index in [9.17, 15) is 27.6 Å². The average Bonchev–Trinajstić information content (AvgIpc) is 3.21. The van der Waals surface area contributed by atoms with Crippen molar-refractivity contribution < 1.29 is 27.6 Å². The fraction of sp³-hybridized carbons (Fsp3) is 0.556. The summed E-state index contributed by atoms with van der Waals surface area (Å²) < 4.78 is 26.8. The highest BCUT2D eigenvalue weighted by Gasteiger charge is 2.54. The van der Waals surface area contributed by atoms with Crippen molar-refractivity contribution in [2.24, 2.45) is 16.1 Å². The van der Waals surface area contributed by atoms with Gasteiger partial charge in [0.15, 0.2) is 11.6 Å². The van der Waals surface area contributed by atoms with Crippen LogP contribution in [0.25, 0.3) is 0 Å². The van der Waals surface area contributed by atoms with Crippen molar-refractivity contribution in [1.82, 2.24) is 9.21 Å². The number of likely N-dealkylation sites (tertiary alicyclic amines) is 1. The van der Waals surface area contributed by atoms with Gasteiger partial charge in [-0.15, -0.1) is 0 Å². The molecule has 0 aromatic heterocycles. The number of allylic oxidation sites excluding steroid dienone is 1. The zero-order chi connectivity index (χ0) is 21.6. The molecular formula is C18H23N4O6S. The third kappa shape index (κ3) is 3.76. The first kappa shape index (κ1) is 21.3. The molecule has 2 N–H and O–H groups in total. The Hall–Kier alpha value is -2.40. The van der Waals surface area contributed by atoms with Crippen molar-refractivity contribution in [1.29, 1.82) is 0 Å². The summed E-state index contributed by atoms with van der Waals surface area (Å²) in [6.07, 6.45) is 4.32. The summed E-state index contributed by atoms with van der Waals surface area (Å²) in [4.78, 5) is 53.7. The summed E-state index contributed by atoms with van der Waals surface area (Å²) >= 11 is 0. The van der Waals surface area contributed by atoms with Gasteiger partial charge in [-0.1, -0.05) is 19.9 Å². The van der Waals surface area contributed by atoms with E-state index < -0.39 is 62.5 Å². The SMILES string of the molecule is CC(C)(C[CH]C(=O)N1CCC2C1C(=O)CN2S(=O)(=O)C1=NC=CCC1=O)C(N)=O. The van der Waals surface area contributed by atoms with E-state index in [1.54, 1.807) is 13.8 Å². The zero-order valence-corrected chi connectivity index (χ0v) is 17.0. The van der Waals surface area contributed by atoms with E-state index in [-0.39, 0.29) is 25.8 Å². The molecule has 0 aliphatic carbocycles. The van der Waals surface area contributed by atoms with Crippen molar-refractivity contribution in [3.8, 4) is 0 Å². The number of ketones is 2. The summed E-state index contributed by atoms with van der Waals surface area (Å²) in [7, 11) is -4.24. The molecule has 2 unspecified atom stereocenters. The Balaban J connectivity index is 1.76. The Morgan fingerprint density at radius 1 is 1.34 bits per heavy atom. The number of primary amides is 1. The normalized spacial score (nSPS) is 25.3. The van der Waals surface area contributed by atoms with Gasteiger partial charge in [-0.05, 0) is 12.8 Å². The van der Waals surface area contributed by atoms with Crippen molar-refractivity contribution in [3.63, 3.8) is 0 Å². The van der Waals surface area contributed by atoms with Gasteiger partial charge in [-0.25, -0.2) is 13.4 Å². The highest BCUT2D eigenvalue weighted by molar-refractivity contribution is 8.06. The summed E-state index contributed by atoms with van der Waals surface area (Å²) in [5.74, 6) is -2.04. The second kappa shape index (κ2) is 7.45. The Morgan fingerprint density at radius 3 is 2.66 bits per heavy atom. The lowest BCUT2D eigenvalue weighted by atomic mass is 9.87. The molecule has 3 aliphatic heterocycles. The lowest BCUT2D eigenvalue weighted by Gasteiger charge is -2.26. The number of fused-ring (bicyclic) bond motifs is 1. The summed E-state index contributed by atoms with van der Waals surface area (Å²) in [5.41, 5.74) is 4.39. The van der Waals surface area contributed by atoms with Gasteiger partial charge in [0.25, 0.3) is 10.0 Å². The van der Waals surface area contributed by atoms with E-state index in [4.69, 9.17) is 5.73 Å². The van der Waals surface area contributed by atoms with E-state index in [1.165, 1.54) is 23.6 Å². The molecule has 2 saturated heterocycles. The maximum atomic E-state index is 12.9. The molecule has 1 radical (unpaired) electrons. The van der Waals surface area contributed by atoms with Gasteiger partial charge >= 0.3 is 0 Å². The first-order valence-corrected chi connectivity index (χ1v) is 10.6. The number of carbonyl (C=O) groups excluding carboxylic acids is 4. The third-order valence-corrected chi connectivity index (χ3v) is 7.35. The molecule has 2 fully saturated rings. The van der Waals surface area contributed by atoms with E-state index in [1.807, 2.05) is 0 Å². The fourth-order valence-electron chi connectivity index (χ4n) is 3.66. The number of aliphatic imine (C=N–C) groups is 1. The molecule has 10 nitrogen and oxygen atoms in total. The third-order valence-electron chi connectivity index (χ3n) is 5.51. The maximum Gasteiger partial charge on any atom is 0.264 e. The second-order valence-electron chi connectivity index (χ2n) is 7.95. The topological polar surface area (TPSA) is 147 Å². The molecule has 0 aromatic rings. The minimum atomic E-state index is -4.24. The number of sulfonamides is 1. The van der Waals surface area contributed by atoms with E-state index in [0.29, 0.717) is 0 Å². The first-order chi connectivity index (χ1) is 13.5. The lowest BCUT2D eigenvalue weighted by Crippen LogP contribution is -2.46. The highest BCUT2D eigenvalue weighted by Crippen LogP contribution is 2.33. The molecule has 29 heavy (non-hydrogen) atoms. The number of nitrogens with two attached hydrogens (primary N) is 1. The molecule has 0 aromatic carbocycles. The molecule has 11 heteroatoms. The molecule has 0 bridgehead atoms. The monoisotopic (exact) mass is 423 g/mol. The quantitative estimate of drug-likeness (QED) is 0.610. The molecule has 2 amide bonds. The average molecular weight is 423 g/mol. The van der Waals surface area contributed by atoms with E-state index >= 15 is 0 Å². The summed E-state index contributed by atoms with van der Waals surface area (Å²) in [6.45, 7) is 3.00. The van der Waals surface area contributed by atoms with Crippen LogP contribution in [-0.4, -0.2) is 71.2 Å². The molecule has 0 saturated carbocycles. The van der Waals surface area contributed by atoms with Crippen LogP contribution in [0, 0.1) is 11.8 Å². The molecule has 3 aliphatic rings. The number of hydrogen-bond donors (Lipinski definition) is 1. The standard InChI is InChI=1S/C18H23N4O6S/c1-18(2,17(19)26)7-5-14(25)21-9-6-11-15(21)13(24)10-22(11)29(27,28)16-12(23)4-3-8-20-16/h3,5,8,11,15H,4,6-7,9-10H2,1-2H3,(H2,19,26). The largest absolute Gasteiger partial charge is 0.369 e. The number of carbonyl (C=O) groups is 4. The van der Waals surface area contributed by atoms with E-state index in [2.05, 4.69) is 4.99 Å². The number of hydrogen-bond acceptors (Lipinski definition) is 7. The van der Waals surface area contributed by atoms with Crippen LogP contribution in [-0.2, 0) is 29.2 Å². The van der Waals surface area contributed by atoms with Gasteiger partial charge in [-0.2, -0.15) is 4.31 Å². The smallest absolute Gasteiger partial charge is 0.264 e. The van der Waals surface area contributed by atoms with Crippen LogP contribution < -0.4 is 5.73 Å². The van der Waals surface area contributed by atoms with Crippen LogP contribution in [0.3, 0.4) is 0 Å². The number of amides is 2. The van der Waals surface area contributed by atoms with Gasteiger partial charge < -0.3 is 10.6 Å². The minimum Gasteiger partial charge on any atom is -0.369 e. The minimum absolute atomic E-state index is 0.0663. The van der Waals surface area contributed by atoms with Crippen LogP contribution >= 0.6 is 0 Å². The first-order valence-electron chi connectivity index (χ1n) is 9.21. The summed E-state index contributed by atoms with van der Waals surface area (Å²) in [5, 5.41) is -0.576. The number of Topliss-reactive ketones (excluding diaryl/α,β-unsaturated/α-hetero) is 2. The predicted octanol–water partition coefficient (Wildman–Crippen LogP) is -0.839. The van der Waals surface area contributed by atoms with Crippen LogP contribution in [0.1, 0.15) is 33.1 Å². The number of nitrogens with zero attached hydrogens (tertiary/aromatic N) is 3. The van der Waals surface area contributed by atoms with Crippen LogP contribution in [0.15, 0.2) is 17.3 Å². The summed E-state index contributed by atoms with van der Waals surface area (Å²) in [6, 6.07) is -1.66. The van der Waals surface area contributed by atoms with Gasteiger partial charge in [0.05, 0.1) is 19.0 Å². The van der Waals surface area contributed by atoms with Gasteiger partial charge in [0.2, 0.25) is 16.9 Å². The predicted molar refractivity (Wildman–Crippen MR) is 103 cm³/mol. The van der Waals surface area contributed by atoms with Crippen LogP contribution in [0.4, 0.5) is 0 Å². The van der Waals surface area contributed by atoms with Gasteiger partial charge in [0, 0.05) is 24.6 Å². The Labute approximate surface area is 168 Å². The Morgan fingerprint density at radius 2 is 2.03 bits per heavy atom. The van der Waals surface area contributed by atoms with Gasteiger partial charge in [-0.3, -0.25) is 19.2 Å². The maximum absolute atomic E-state index is 12.9. The lowest BCUT2D eigenvalue weighted by molar-refractivity contribution is -0.134. The fourth-order valence-corrected chi connectivity index (χ4v) is 5.32. The van der Waals surface area contributed by atoms with Crippen molar-refractivity contribution >= 4 is 38.4 Å². The van der Waals surface area contributed by atoms with Crippen molar-refractivity contribution in [3.05, 3.63) is 18.7 Å².